The predicted molar refractivity (Wildman–Crippen MR) is 177 cm³/mol. The number of carboxylic acids is 1. The Labute approximate surface area is 271 Å². The van der Waals surface area contributed by atoms with Crippen LogP contribution >= 0.6 is 11.6 Å². The number of aromatic carboxylic acids is 1. The van der Waals surface area contributed by atoms with E-state index in [1.54, 1.807) is 24.3 Å². The summed E-state index contributed by atoms with van der Waals surface area (Å²) in [6.07, 6.45) is 14.6. The molecule has 1 N–H and O–H groups in total. The van der Waals surface area contributed by atoms with Gasteiger partial charge in [0.05, 0.1) is 11.7 Å². The van der Waals surface area contributed by atoms with Gasteiger partial charge in [0.25, 0.3) is 0 Å². The third kappa shape index (κ3) is 9.92. The van der Waals surface area contributed by atoms with Crippen LogP contribution in [0, 0.1) is 25.6 Å². The van der Waals surface area contributed by atoms with Crippen molar-refractivity contribution in [2.45, 2.75) is 64.1 Å². The minimum absolute atomic E-state index is 0.0934. The average molecular weight is 636 g/mol. The fourth-order valence-electron chi connectivity index (χ4n) is 6.01. The van der Waals surface area contributed by atoms with Crippen molar-refractivity contribution in [1.29, 1.82) is 0 Å². The summed E-state index contributed by atoms with van der Waals surface area (Å²) >= 11 is 5.86. The molecular weight excluding hydrogens is 593 g/mol. The molecule has 0 amide bonds. The zero-order valence-electron chi connectivity index (χ0n) is 26.0. The van der Waals surface area contributed by atoms with Crippen LogP contribution in [0.3, 0.4) is 0 Å². The van der Waals surface area contributed by atoms with Gasteiger partial charge >= 0.3 is 5.97 Å². The molecule has 2 aliphatic heterocycles. The first-order chi connectivity index (χ1) is 21.9. The van der Waals surface area contributed by atoms with Crippen LogP contribution in [0.4, 0.5) is 10.1 Å². The molecule has 240 valence electrons. The SMILES string of the molecule is C#C.Cc1ccc(C(=O)O)cc1N(CCC1CCCCO1)CCN1CCC(c2cccc(OCc3ccc(Cl)cc3F)n2)CC1. The maximum Gasteiger partial charge on any atom is 0.335 e. The molecule has 1 atom stereocenters. The number of carboxylic acid groups (broad SMARTS) is 1. The lowest BCUT2D eigenvalue weighted by molar-refractivity contribution is 0.0125. The van der Waals surface area contributed by atoms with Crippen LogP contribution in [0.1, 0.15) is 71.6 Å². The van der Waals surface area contributed by atoms with E-state index in [1.165, 1.54) is 12.5 Å². The van der Waals surface area contributed by atoms with E-state index in [0.29, 0.717) is 27.9 Å². The van der Waals surface area contributed by atoms with Gasteiger partial charge in [-0.3, -0.25) is 0 Å². The second-order valence-corrected chi connectivity index (χ2v) is 12.0. The van der Waals surface area contributed by atoms with Crippen LogP contribution in [0.15, 0.2) is 54.6 Å². The predicted octanol–water partition coefficient (Wildman–Crippen LogP) is 7.35. The van der Waals surface area contributed by atoms with Crippen LogP contribution in [0.25, 0.3) is 0 Å². The second kappa shape index (κ2) is 17.2. The standard InChI is InChI=1S/C34H41ClFN3O4.C2H2/c1-24-8-9-26(34(40)41)21-32(24)39(17-14-29-5-2-3-20-42-29)19-18-38-15-12-25(13-16-38)31-6-4-7-33(37-31)43-23-27-10-11-28(35)22-30(27)36;1-2/h4,6-11,21-22,25,29H,2-3,5,12-20,23H2,1H3,(H,40,41);1-2H. The summed E-state index contributed by atoms with van der Waals surface area (Å²) in [7, 11) is 0. The highest BCUT2D eigenvalue weighted by atomic mass is 35.5. The van der Waals surface area contributed by atoms with Crippen LogP contribution in [-0.4, -0.2) is 66.4 Å². The van der Waals surface area contributed by atoms with Gasteiger partial charge in [-0.25, -0.2) is 14.2 Å². The number of terminal acetylenes is 1. The molecule has 5 rings (SSSR count). The first kappa shape index (κ1) is 34.2. The largest absolute Gasteiger partial charge is 0.478 e. The molecule has 2 aliphatic rings. The molecule has 0 bridgehead atoms. The zero-order chi connectivity index (χ0) is 32.2. The molecule has 2 fully saturated rings. The molecule has 1 aromatic heterocycles. The minimum atomic E-state index is -0.904. The maximum absolute atomic E-state index is 14.1. The number of aromatic nitrogens is 1. The molecule has 3 heterocycles. The summed E-state index contributed by atoms with van der Waals surface area (Å²) in [5.41, 5.74) is 3.83. The molecule has 7 nitrogen and oxygen atoms in total. The number of benzene rings is 2. The molecule has 2 saturated heterocycles. The van der Waals surface area contributed by atoms with Gasteiger partial charge in [0.1, 0.15) is 12.4 Å². The zero-order valence-corrected chi connectivity index (χ0v) is 26.7. The van der Waals surface area contributed by atoms with Crippen molar-refractivity contribution in [3.63, 3.8) is 0 Å². The van der Waals surface area contributed by atoms with Gasteiger partial charge in [-0.05, 0) is 94.4 Å². The molecule has 1 unspecified atom stereocenters. The van der Waals surface area contributed by atoms with E-state index in [2.05, 4.69) is 22.6 Å². The number of nitrogens with zero attached hydrogens (tertiary/aromatic N) is 3. The second-order valence-electron chi connectivity index (χ2n) is 11.6. The molecule has 0 aliphatic carbocycles. The first-order valence-corrected chi connectivity index (χ1v) is 16.0. The lowest BCUT2D eigenvalue weighted by Crippen LogP contribution is -2.40. The summed E-state index contributed by atoms with van der Waals surface area (Å²) in [6.45, 7) is 7.45. The quantitative estimate of drug-likeness (QED) is 0.209. The van der Waals surface area contributed by atoms with Gasteiger partial charge in [-0.2, -0.15) is 0 Å². The van der Waals surface area contributed by atoms with Crippen molar-refractivity contribution >= 4 is 23.3 Å². The molecular formula is C36H43ClFN3O4. The van der Waals surface area contributed by atoms with Crippen molar-refractivity contribution < 1.29 is 23.8 Å². The van der Waals surface area contributed by atoms with Crippen molar-refractivity contribution in [3.05, 3.63) is 87.8 Å². The molecule has 0 spiro atoms. The van der Waals surface area contributed by atoms with Gasteiger partial charge in [-0.15, -0.1) is 12.8 Å². The van der Waals surface area contributed by atoms with Crippen LogP contribution in [0.5, 0.6) is 5.88 Å². The lowest BCUT2D eigenvalue weighted by atomic mass is 9.93. The van der Waals surface area contributed by atoms with Crippen LogP contribution in [0.2, 0.25) is 5.02 Å². The van der Waals surface area contributed by atoms with E-state index >= 15 is 0 Å². The fourth-order valence-corrected chi connectivity index (χ4v) is 6.17. The molecule has 2 aromatic carbocycles. The molecule has 3 aromatic rings. The number of anilines is 1. The number of aryl methyl sites for hydroxylation is 1. The number of rotatable bonds is 12. The Balaban J connectivity index is 0.00000226. The minimum Gasteiger partial charge on any atom is -0.478 e. The number of halogens is 2. The van der Waals surface area contributed by atoms with Crippen molar-refractivity contribution in [2.24, 2.45) is 0 Å². The number of likely N-dealkylation sites (tertiary alicyclic amines) is 1. The third-order valence-electron chi connectivity index (χ3n) is 8.62. The van der Waals surface area contributed by atoms with E-state index in [9.17, 15) is 14.3 Å². The smallest absolute Gasteiger partial charge is 0.335 e. The van der Waals surface area contributed by atoms with E-state index in [0.717, 1.165) is 88.4 Å². The van der Waals surface area contributed by atoms with Crippen molar-refractivity contribution in [3.8, 4) is 18.7 Å². The van der Waals surface area contributed by atoms with Crippen LogP contribution < -0.4 is 9.64 Å². The summed E-state index contributed by atoms with van der Waals surface area (Å²) in [4.78, 5) is 21.3. The van der Waals surface area contributed by atoms with Crippen molar-refractivity contribution in [1.82, 2.24) is 9.88 Å². The number of piperidine rings is 1. The highest BCUT2D eigenvalue weighted by Gasteiger charge is 2.24. The Hall–Kier alpha value is -3.64. The van der Waals surface area contributed by atoms with Crippen molar-refractivity contribution in [2.75, 3.05) is 44.2 Å². The van der Waals surface area contributed by atoms with E-state index in [-0.39, 0.29) is 18.5 Å². The Morgan fingerprint density at radius 3 is 2.62 bits per heavy atom. The number of pyridine rings is 1. The monoisotopic (exact) mass is 635 g/mol. The van der Waals surface area contributed by atoms with Gasteiger partial charge in [-0.1, -0.05) is 29.8 Å². The number of carbonyl (C=O) groups is 1. The number of hydrogen-bond donors (Lipinski definition) is 1. The Bertz CT molecular complexity index is 1420. The van der Waals surface area contributed by atoms with Crippen LogP contribution in [-0.2, 0) is 11.3 Å². The Morgan fingerprint density at radius 2 is 1.91 bits per heavy atom. The van der Waals surface area contributed by atoms with Gasteiger partial charge in [0.2, 0.25) is 5.88 Å². The number of hydrogen-bond acceptors (Lipinski definition) is 6. The summed E-state index contributed by atoms with van der Waals surface area (Å²) in [6, 6.07) is 15.8. The highest BCUT2D eigenvalue weighted by molar-refractivity contribution is 6.30. The summed E-state index contributed by atoms with van der Waals surface area (Å²) in [5, 5.41) is 9.97. The summed E-state index contributed by atoms with van der Waals surface area (Å²) in [5.74, 6) is -0.465. The van der Waals surface area contributed by atoms with E-state index in [4.69, 9.17) is 26.1 Å². The lowest BCUT2D eigenvalue weighted by Gasteiger charge is -2.35. The highest BCUT2D eigenvalue weighted by Crippen LogP contribution is 2.29. The van der Waals surface area contributed by atoms with E-state index in [1.807, 2.05) is 31.2 Å². The number of ether oxygens (including phenoxy) is 2. The molecule has 45 heavy (non-hydrogen) atoms. The normalized spacial score (nSPS) is 17.2. The Morgan fingerprint density at radius 1 is 1.11 bits per heavy atom. The van der Waals surface area contributed by atoms with Gasteiger partial charge < -0.3 is 24.4 Å². The van der Waals surface area contributed by atoms with Gasteiger partial charge in [0.15, 0.2) is 0 Å². The maximum atomic E-state index is 14.1. The first-order valence-electron chi connectivity index (χ1n) is 15.7. The van der Waals surface area contributed by atoms with Gasteiger partial charge in [0, 0.05) is 60.2 Å². The fraction of sp³-hybridized carbons (Fsp3) is 0.444. The Kier molecular flexibility index (Phi) is 13.1. The molecule has 0 radical (unpaired) electrons. The summed E-state index contributed by atoms with van der Waals surface area (Å²) < 4.78 is 26.0. The van der Waals surface area contributed by atoms with E-state index < -0.39 is 5.97 Å². The average Bonchev–Trinajstić information content (AvgIpc) is 3.06. The molecule has 9 heteroatoms. The topological polar surface area (TPSA) is 75.1 Å². The molecule has 0 saturated carbocycles. The third-order valence-corrected chi connectivity index (χ3v) is 8.85.